The number of ether oxygens (including phenoxy) is 1. The molecule has 0 fully saturated rings. The van der Waals surface area contributed by atoms with Crippen molar-refractivity contribution in [1.29, 1.82) is 0 Å². The Balaban J connectivity index is 1.71. The molecule has 1 heterocycles. The molecule has 1 aromatic heterocycles. The summed E-state index contributed by atoms with van der Waals surface area (Å²) in [4.78, 5) is 25.5. The standard InChI is InChI=1S/C26H29NO5S/c1-19(2)27(26(30)21-12-10-20(11-13-21)23-9-5-14-31-23)17-22-7-3-4-8-24(22)32-15-6-16-33-18-25(28)29/h3-5,7-14,19H,6,15-18H2,1-2H3,(H,28,29)/i17D. The normalized spacial score (nSPS) is 12.3. The predicted octanol–water partition coefficient (Wildman–Crippen LogP) is 5.58. The molecule has 0 spiro atoms. The molecular formula is C26H29NO5S. The van der Waals surface area contributed by atoms with Crippen LogP contribution in [0.4, 0.5) is 0 Å². The van der Waals surface area contributed by atoms with Crippen LogP contribution in [0, 0.1) is 0 Å². The number of carbonyl (C=O) groups excluding carboxylic acids is 1. The zero-order valence-electron chi connectivity index (χ0n) is 19.8. The Hall–Kier alpha value is -3.19. The average molecular weight is 469 g/mol. The summed E-state index contributed by atoms with van der Waals surface area (Å²) in [7, 11) is 0. The fraction of sp³-hybridized carbons (Fsp3) is 0.308. The molecule has 6 nitrogen and oxygen atoms in total. The van der Waals surface area contributed by atoms with Crippen molar-refractivity contribution in [3.05, 3.63) is 78.1 Å². The molecule has 0 bridgehead atoms. The number of nitrogens with zero attached hydrogens (tertiary/aromatic N) is 1. The highest BCUT2D eigenvalue weighted by Gasteiger charge is 2.21. The minimum absolute atomic E-state index is 0.0688. The summed E-state index contributed by atoms with van der Waals surface area (Å²) in [5.41, 5.74) is 1.98. The Morgan fingerprint density at radius 1 is 1.12 bits per heavy atom. The van der Waals surface area contributed by atoms with Crippen molar-refractivity contribution in [3.8, 4) is 17.1 Å². The van der Waals surface area contributed by atoms with Crippen LogP contribution < -0.4 is 4.74 Å². The summed E-state index contributed by atoms with van der Waals surface area (Å²) in [5.74, 6) is 0.953. The van der Waals surface area contributed by atoms with Gasteiger partial charge in [0.2, 0.25) is 0 Å². The van der Waals surface area contributed by atoms with Gasteiger partial charge in [0.15, 0.2) is 0 Å². The van der Waals surface area contributed by atoms with Crippen LogP contribution in [0.15, 0.2) is 71.3 Å². The van der Waals surface area contributed by atoms with Crippen molar-refractivity contribution in [3.63, 3.8) is 0 Å². The van der Waals surface area contributed by atoms with Gasteiger partial charge in [-0.2, -0.15) is 11.8 Å². The van der Waals surface area contributed by atoms with E-state index in [1.165, 1.54) is 16.7 Å². The molecular weight excluding hydrogens is 438 g/mol. The van der Waals surface area contributed by atoms with Crippen LogP contribution in [0.25, 0.3) is 11.3 Å². The van der Waals surface area contributed by atoms with E-state index in [0.29, 0.717) is 35.7 Å². The first kappa shape index (κ1) is 23.0. The third kappa shape index (κ3) is 7.15. The summed E-state index contributed by atoms with van der Waals surface area (Å²) in [6.45, 7) is 3.23. The van der Waals surface area contributed by atoms with E-state index in [0.717, 1.165) is 11.3 Å². The van der Waals surface area contributed by atoms with Crippen LogP contribution >= 0.6 is 11.8 Å². The van der Waals surface area contributed by atoms with Crippen LogP contribution in [0.1, 0.15) is 37.6 Å². The number of thioether (sulfide) groups is 1. The van der Waals surface area contributed by atoms with Gasteiger partial charge in [0, 0.05) is 29.3 Å². The number of carboxylic acid groups (broad SMARTS) is 1. The van der Waals surface area contributed by atoms with E-state index in [1.807, 2.05) is 50.2 Å². The molecule has 1 amide bonds. The van der Waals surface area contributed by atoms with Gasteiger partial charge in [-0.15, -0.1) is 0 Å². The van der Waals surface area contributed by atoms with Gasteiger partial charge in [0.25, 0.3) is 5.91 Å². The Morgan fingerprint density at radius 2 is 1.88 bits per heavy atom. The molecule has 0 saturated carbocycles. The molecule has 0 saturated heterocycles. The lowest BCUT2D eigenvalue weighted by atomic mass is 10.1. The molecule has 0 aliphatic heterocycles. The van der Waals surface area contributed by atoms with E-state index in [9.17, 15) is 9.59 Å². The molecule has 0 aliphatic rings. The van der Waals surface area contributed by atoms with Crippen molar-refractivity contribution < 1.29 is 25.2 Å². The van der Waals surface area contributed by atoms with Gasteiger partial charge in [-0.3, -0.25) is 9.59 Å². The molecule has 0 aliphatic carbocycles. The molecule has 3 aromatic rings. The van der Waals surface area contributed by atoms with Gasteiger partial charge >= 0.3 is 5.97 Å². The number of hydrogen-bond acceptors (Lipinski definition) is 5. The van der Waals surface area contributed by atoms with E-state index in [2.05, 4.69) is 0 Å². The van der Waals surface area contributed by atoms with Crippen molar-refractivity contribution in [2.45, 2.75) is 32.8 Å². The second-order valence-corrected chi connectivity index (χ2v) is 8.78. The highest BCUT2D eigenvalue weighted by molar-refractivity contribution is 7.99. The molecule has 2 aromatic carbocycles. The number of carboxylic acids is 1. The molecule has 7 heteroatoms. The van der Waals surface area contributed by atoms with E-state index >= 15 is 0 Å². The van der Waals surface area contributed by atoms with Crippen LogP contribution in [-0.4, -0.2) is 46.0 Å². The minimum atomic E-state index is -0.949. The highest BCUT2D eigenvalue weighted by Crippen LogP contribution is 2.24. The predicted molar refractivity (Wildman–Crippen MR) is 131 cm³/mol. The highest BCUT2D eigenvalue weighted by atomic mass is 32.2. The first-order valence-electron chi connectivity index (χ1n) is 11.4. The minimum Gasteiger partial charge on any atom is -0.493 e. The molecule has 0 radical (unpaired) electrons. The number of para-hydroxylation sites is 1. The Labute approximate surface area is 200 Å². The molecule has 1 atom stereocenters. The lowest BCUT2D eigenvalue weighted by molar-refractivity contribution is -0.133. The monoisotopic (exact) mass is 468 g/mol. The molecule has 3 rings (SSSR count). The maximum atomic E-state index is 13.4. The summed E-state index contributed by atoms with van der Waals surface area (Å²) in [6.07, 6.45) is 2.29. The van der Waals surface area contributed by atoms with E-state index in [1.54, 1.807) is 30.5 Å². The third-order valence-electron chi connectivity index (χ3n) is 4.84. The summed E-state index contributed by atoms with van der Waals surface area (Å²) >= 11 is 1.34. The van der Waals surface area contributed by atoms with E-state index in [4.69, 9.17) is 15.6 Å². The third-order valence-corrected chi connectivity index (χ3v) is 5.87. The maximum absolute atomic E-state index is 13.4. The van der Waals surface area contributed by atoms with Gasteiger partial charge in [-0.1, -0.05) is 30.3 Å². The number of benzene rings is 2. The van der Waals surface area contributed by atoms with Crippen molar-refractivity contribution in [1.82, 2.24) is 4.90 Å². The summed E-state index contributed by atoms with van der Waals surface area (Å²) < 4.78 is 20.2. The fourth-order valence-corrected chi connectivity index (χ4v) is 3.82. The zero-order valence-corrected chi connectivity index (χ0v) is 19.6. The second-order valence-electron chi connectivity index (χ2n) is 7.68. The van der Waals surface area contributed by atoms with Gasteiger partial charge < -0.3 is 19.2 Å². The SMILES string of the molecule is [2H]C(c1ccccc1OCCCSCC(=O)O)N(C(=O)c1ccc(-c2ccco2)cc1)C(C)C. The largest absolute Gasteiger partial charge is 0.493 e. The van der Waals surface area contributed by atoms with Gasteiger partial charge in [0.05, 0.1) is 20.0 Å². The van der Waals surface area contributed by atoms with Crippen LogP contribution in [0.2, 0.25) is 0 Å². The smallest absolute Gasteiger partial charge is 0.313 e. The summed E-state index contributed by atoms with van der Waals surface area (Å²) in [6, 6.07) is 17.9. The lowest BCUT2D eigenvalue weighted by Crippen LogP contribution is -2.36. The second kappa shape index (κ2) is 12.2. The number of hydrogen-bond donors (Lipinski definition) is 1. The number of aliphatic carboxylic acids is 1. The molecule has 33 heavy (non-hydrogen) atoms. The Kier molecular flexibility index (Phi) is 8.47. The maximum Gasteiger partial charge on any atom is 0.313 e. The number of furan rings is 1. The lowest BCUT2D eigenvalue weighted by Gasteiger charge is -2.28. The van der Waals surface area contributed by atoms with Gasteiger partial charge in [-0.05, 0) is 56.4 Å². The first-order valence-corrected chi connectivity index (χ1v) is 11.9. The molecule has 1 N–H and O–H groups in total. The molecule has 174 valence electrons. The quantitative estimate of drug-likeness (QED) is 0.349. The van der Waals surface area contributed by atoms with Crippen LogP contribution in [-0.2, 0) is 11.3 Å². The van der Waals surface area contributed by atoms with Crippen LogP contribution in [0.3, 0.4) is 0 Å². The number of rotatable bonds is 12. The zero-order chi connectivity index (χ0) is 24.5. The Bertz CT molecular complexity index is 1070. The van der Waals surface area contributed by atoms with E-state index in [-0.39, 0.29) is 17.7 Å². The van der Waals surface area contributed by atoms with Gasteiger partial charge in [0.1, 0.15) is 11.5 Å². The van der Waals surface area contributed by atoms with Crippen LogP contribution in [0.5, 0.6) is 5.75 Å². The van der Waals surface area contributed by atoms with Crippen molar-refractivity contribution in [2.75, 3.05) is 18.1 Å². The average Bonchev–Trinajstić information content (AvgIpc) is 3.36. The molecule has 1 unspecified atom stereocenters. The Morgan fingerprint density at radius 3 is 2.55 bits per heavy atom. The summed E-state index contributed by atoms with van der Waals surface area (Å²) in [5, 5.41) is 8.72. The van der Waals surface area contributed by atoms with Crippen molar-refractivity contribution in [2.24, 2.45) is 0 Å². The topological polar surface area (TPSA) is 80.0 Å². The number of amides is 1. The van der Waals surface area contributed by atoms with Crippen molar-refractivity contribution >= 4 is 23.6 Å². The van der Waals surface area contributed by atoms with Gasteiger partial charge in [-0.25, -0.2) is 0 Å². The number of carbonyl (C=O) groups is 2. The fourth-order valence-electron chi connectivity index (χ4n) is 3.18. The first-order chi connectivity index (χ1) is 16.4. The van der Waals surface area contributed by atoms with E-state index < -0.39 is 12.5 Å².